The van der Waals surface area contributed by atoms with Crippen LogP contribution in [-0.2, 0) is 0 Å². The van der Waals surface area contributed by atoms with Crippen molar-refractivity contribution in [1.29, 1.82) is 0 Å². The molecule has 0 saturated carbocycles. The maximum Gasteiger partial charge on any atom is 0.128 e. The Morgan fingerprint density at radius 1 is 1.28 bits per heavy atom. The third-order valence-corrected chi connectivity index (χ3v) is 4.32. The summed E-state index contributed by atoms with van der Waals surface area (Å²) >= 11 is 0. The van der Waals surface area contributed by atoms with Gasteiger partial charge in [0.25, 0.3) is 0 Å². The number of aromatic nitrogens is 1. The predicted molar refractivity (Wildman–Crippen MR) is 74.9 cm³/mol. The highest BCUT2D eigenvalue weighted by atomic mass is 15.2. The zero-order chi connectivity index (χ0) is 12.4. The number of nitrogens with one attached hydrogen (secondary N) is 1. The summed E-state index contributed by atoms with van der Waals surface area (Å²) in [4.78, 5) is 7.14. The zero-order valence-electron chi connectivity index (χ0n) is 11.2. The molecule has 2 fully saturated rings. The molecule has 0 amide bonds. The smallest absolute Gasteiger partial charge is 0.128 e. The molecule has 1 aromatic heterocycles. The van der Waals surface area contributed by atoms with Crippen LogP contribution in [0.3, 0.4) is 0 Å². The van der Waals surface area contributed by atoms with Gasteiger partial charge in [-0.15, -0.1) is 0 Å². The van der Waals surface area contributed by atoms with Gasteiger partial charge in [-0.1, -0.05) is 6.07 Å². The first-order valence-corrected chi connectivity index (χ1v) is 7.25. The Morgan fingerprint density at radius 3 is 3.00 bits per heavy atom. The molecule has 0 spiro atoms. The van der Waals surface area contributed by atoms with Crippen LogP contribution in [0.4, 0.5) is 5.82 Å². The van der Waals surface area contributed by atoms with E-state index in [1.807, 2.05) is 0 Å². The minimum absolute atomic E-state index is 0.748. The van der Waals surface area contributed by atoms with E-state index in [0.29, 0.717) is 0 Å². The van der Waals surface area contributed by atoms with E-state index in [2.05, 4.69) is 40.3 Å². The monoisotopic (exact) mass is 245 g/mol. The van der Waals surface area contributed by atoms with Crippen LogP contribution in [0.2, 0.25) is 0 Å². The molecule has 0 aromatic carbocycles. The number of hydrogen-bond acceptors (Lipinski definition) is 3. The summed E-state index contributed by atoms with van der Waals surface area (Å²) < 4.78 is 0. The van der Waals surface area contributed by atoms with Crippen LogP contribution in [0.1, 0.15) is 31.4 Å². The van der Waals surface area contributed by atoms with Crippen molar-refractivity contribution in [1.82, 2.24) is 10.3 Å². The second-order valence-electron chi connectivity index (χ2n) is 5.69. The van der Waals surface area contributed by atoms with Crippen LogP contribution < -0.4 is 10.2 Å². The summed E-state index contributed by atoms with van der Waals surface area (Å²) in [7, 11) is 0. The average molecular weight is 245 g/mol. The van der Waals surface area contributed by atoms with Crippen LogP contribution in [0.5, 0.6) is 0 Å². The van der Waals surface area contributed by atoms with Gasteiger partial charge in [-0.3, -0.25) is 0 Å². The predicted octanol–water partition coefficient (Wildman–Crippen LogP) is 2.36. The lowest BCUT2D eigenvalue weighted by Gasteiger charge is -2.36. The normalized spacial score (nSPS) is 28.6. The SMILES string of the molecule is Cc1cccc(N2CCCC(C3CCCN3)C2)n1. The highest BCUT2D eigenvalue weighted by Crippen LogP contribution is 2.27. The van der Waals surface area contributed by atoms with Gasteiger partial charge in [0.2, 0.25) is 0 Å². The Labute approximate surface area is 110 Å². The Morgan fingerprint density at radius 2 is 2.22 bits per heavy atom. The topological polar surface area (TPSA) is 28.2 Å². The molecule has 98 valence electrons. The van der Waals surface area contributed by atoms with Crippen molar-refractivity contribution in [2.24, 2.45) is 5.92 Å². The molecule has 3 nitrogen and oxygen atoms in total. The van der Waals surface area contributed by atoms with Crippen molar-refractivity contribution in [2.45, 2.75) is 38.6 Å². The second kappa shape index (κ2) is 5.27. The molecule has 1 N–H and O–H groups in total. The summed E-state index contributed by atoms with van der Waals surface area (Å²) in [5.41, 5.74) is 1.12. The van der Waals surface area contributed by atoms with E-state index >= 15 is 0 Å². The molecule has 3 rings (SSSR count). The Balaban J connectivity index is 1.69. The van der Waals surface area contributed by atoms with Crippen LogP contribution in [0.15, 0.2) is 18.2 Å². The summed E-state index contributed by atoms with van der Waals surface area (Å²) in [6, 6.07) is 7.09. The third kappa shape index (κ3) is 2.51. The first-order valence-electron chi connectivity index (χ1n) is 7.25. The van der Waals surface area contributed by atoms with E-state index in [1.165, 1.54) is 45.3 Å². The lowest BCUT2D eigenvalue weighted by Crippen LogP contribution is -2.43. The fraction of sp³-hybridized carbons (Fsp3) is 0.667. The van der Waals surface area contributed by atoms with Crippen LogP contribution in [-0.4, -0.2) is 30.7 Å². The molecule has 1 aromatic rings. The molecule has 0 aliphatic carbocycles. The minimum Gasteiger partial charge on any atom is -0.356 e. The number of piperidine rings is 1. The number of nitrogens with zero attached hydrogens (tertiary/aromatic N) is 2. The van der Waals surface area contributed by atoms with Gasteiger partial charge in [0.1, 0.15) is 5.82 Å². The summed E-state index contributed by atoms with van der Waals surface area (Å²) in [5, 5.41) is 3.66. The first kappa shape index (κ1) is 12.0. The van der Waals surface area contributed by atoms with Gasteiger partial charge in [-0.25, -0.2) is 4.98 Å². The van der Waals surface area contributed by atoms with E-state index in [4.69, 9.17) is 0 Å². The number of pyridine rings is 1. The van der Waals surface area contributed by atoms with Crippen LogP contribution in [0, 0.1) is 12.8 Å². The summed E-state index contributed by atoms with van der Waals surface area (Å²) in [6.45, 7) is 5.63. The number of anilines is 1. The fourth-order valence-corrected chi connectivity index (χ4v) is 3.37. The van der Waals surface area contributed by atoms with Crippen molar-refractivity contribution >= 4 is 5.82 Å². The third-order valence-electron chi connectivity index (χ3n) is 4.32. The molecule has 2 aliphatic heterocycles. The summed E-state index contributed by atoms with van der Waals surface area (Å²) in [6.07, 6.45) is 5.39. The molecule has 2 atom stereocenters. The lowest BCUT2D eigenvalue weighted by atomic mass is 9.90. The van der Waals surface area contributed by atoms with Gasteiger partial charge in [-0.2, -0.15) is 0 Å². The van der Waals surface area contributed by atoms with E-state index in [0.717, 1.165) is 23.5 Å². The molecular weight excluding hydrogens is 222 g/mol. The standard InChI is InChI=1S/C15H23N3/c1-12-5-2-8-15(17-12)18-10-4-6-13(11-18)14-7-3-9-16-14/h2,5,8,13-14,16H,3-4,6-7,9-11H2,1H3. The van der Waals surface area contributed by atoms with Crippen molar-refractivity contribution in [2.75, 3.05) is 24.5 Å². The molecule has 3 heterocycles. The maximum atomic E-state index is 4.66. The first-order chi connectivity index (χ1) is 8.83. The van der Waals surface area contributed by atoms with E-state index in [-0.39, 0.29) is 0 Å². The van der Waals surface area contributed by atoms with Crippen LogP contribution in [0.25, 0.3) is 0 Å². The Bertz CT molecular complexity index is 398. The molecule has 2 saturated heterocycles. The lowest BCUT2D eigenvalue weighted by molar-refractivity contribution is 0.328. The number of rotatable bonds is 2. The minimum atomic E-state index is 0.748. The molecule has 3 heteroatoms. The van der Waals surface area contributed by atoms with Crippen molar-refractivity contribution in [3.05, 3.63) is 23.9 Å². The number of aryl methyl sites for hydroxylation is 1. The Hall–Kier alpha value is -1.09. The Kier molecular flexibility index (Phi) is 3.50. The van der Waals surface area contributed by atoms with Crippen molar-refractivity contribution in [3.8, 4) is 0 Å². The van der Waals surface area contributed by atoms with Gasteiger partial charge >= 0.3 is 0 Å². The van der Waals surface area contributed by atoms with Gasteiger partial charge in [0, 0.05) is 24.8 Å². The van der Waals surface area contributed by atoms with Gasteiger partial charge < -0.3 is 10.2 Å². The average Bonchev–Trinajstić information content (AvgIpc) is 2.93. The largest absolute Gasteiger partial charge is 0.356 e. The number of hydrogen-bond donors (Lipinski definition) is 1. The van der Waals surface area contributed by atoms with Crippen molar-refractivity contribution < 1.29 is 0 Å². The van der Waals surface area contributed by atoms with Gasteiger partial charge in [0.15, 0.2) is 0 Å². The molecule has 0 radical (unpaired) electrons. The highest BCUT2D eigenvalue weighted by Gasteiger charge is 2.29. The van der Waals surface area contributed by atoms with Gasteiger partial charge in [-0.05, 0) is 57.2 Å². The second-order valence-corrected chi connectivity index (χ2v) is 5.69. The molecule has 0 bridgehead atoms. The molecule has 18 heavy (non-hydrogen) atoms. The van der Waals surface area contributed by atoms with Crippen molar-refractivity contribution in [3.63, 3.8) is 0 Å². The van der Waals surface area contributed by atoms with E-state index in [9.17, 15) is 0 Å². The highest BCUT2D eigenvalue weighted by molar-refractivity contribution is 5.39. The molecule has 2 aliphatic rings. The fourth-order valence-electron chi connectivity index (χ4n) is 3.37. The quantitative estimate of drug-likeness (QED) is 0.867. The molecule has 2 unspecified atom stereocenters. The maximum absolute atomic E-state index is 4.66. The summed E-state index contributed by atoms with van der Waals surface area (Å²) in [5.74, 6) is 1.97. The van der Waals surface area contributed by atoms with Gasteiger partial charge in [0.05, 0.1) is 0 Å². The zero-order valence-corrected chi connectivity index (χ0v) is 11.2. The van der Waals surface area contributed by atoms with Crippen LogP contribution >= 0.6 is 0 Å². The van der Waals surface area contributed by atoms with E-state index < -0.39 is 0 Å². The van der Waals surface area contributed by atoms with E-state index in [1.54, 1.807) is 0 Å². The molecular formula is C15H23N3.